The molecular weight excluding hydrogens is 264 g/mol. The summed E-state index contributed by atoms with van der Waals surface area (Å²) in [6, 6.07) is 4.10. The lowest BCUT2D eigenvalue weighted by Crippen LogP contribution is -2.35. The van der Waals surface area contributed by atoms with E-state index in [1.54, 1.807) is 4.90 Å². The van der Waals surface area contributed by atoms with E-state index in [9.17, 15) is 15.0 Å². The highest BCUT2D eigenvalue weighted by atomic mass is 32.1. The van der Waals surface area contributed by atoms with Crippen molar-refractivity contribution >= 4 is 23.1 Å². The SMILES string of the molecule is NC(=S)CCN(C(=O)c1cc(O)ccc1O)C1CC1. The highest BCUT2D eigenvalue weighted by Crippen LogP contribution is 2.31. The van der Waals surface area contributed by atoms with E-state index in [1.807, 2.05) is 0 Å². The maximum absolute atomic E-state index is 12.4. The number of hydrogen-bond donors (Lipinski definition) is 3. The lowest BCUT2D eigenvalue weighted by molar-refractivity contribution is 0.0744. The molecule has 0 unspecified atom stereocenters. The molecule has 0 spiro atoms. The number of amides is 1. The van der Waals surface area contributed by atoms with E-state index in [4.69, 9.17) is 18.0 Å². The molecule has 2 rings (SSSR count). The van der Waals surface area contributed by atoms with Gasteiger partial charge < -0.3 is 20.8 Å². The van der Waals surface area contributed by atoms with Crippen LogP contribution in [0.15, 0.2) is 18.2 Å². The number of rotatable bonds is 5. The molecule has 0 radical (unpaired) electrons. The van der Waals surface area contributed by atoms with Crippen LogP contribution in [0.5, 0.6) is 11.5 Å². The quantitative estimate of drug-likeness (QED) is 0.560. The van der Waals surface area contributed by atoms with Gasteiger partial charge in [0.2, 0.25) is 0 Å². The van der Waals surface area contributed by atoms with Gasteiger partial charge in [-0.25, -0.2) is 0 Å². The molecule has 1 aromatic rings. The molecular formula is C13H16N2O3S. The minimum absolute atomic E-state index is 0.0498. The number of aromatic hydroxyl groups is 2. The molecule has 0 bridgehead atoms. The second-order valence-corrected chi connectivity index (χ2v) is 5.17. The van der Waals surface area contributed by atoms with Gasteiger partial charge in [-0.2, -0.15) is 0 Å². The van der Waals surface area contributed by atoms with Gasteiger partial charge in [-0.15, -0.1) is 0 Å². The monoisotopic (exact) mass is 280 g/mol. The Morgan fingerprint density at radius 3 is 2.68 bits per heavy atom. The number of benzene rings is 1. The fourth-order valence-corrected chi connectivity index (χ4v) is 2.01. The number of nitrogens with zero attached hydrogens (tertiary/aromatic N) is 1. The Balaban J connectivity index is 2.18. The van der Waals surface area contributed by atoms with Crippen molar-refractivity contribution in [1.82, 2.24) is 4.90 Å². The van der Waals surface area contributed by atoms with Gasteiger partial charge in [0, 0.05) is 19.0 Å². The normalized spacial score (nSPS) is 14.1. The van der Waals surface area contributed by atoms with E-state index < -0.39 is 0 Å². The van der Waals surface area contributed by atoms with Crippen molar-refractivity contribution in [2.75, 3.05) is 6.54 Å². The van der Waals surface area contributed by atoms with Crippen molar-refractivity contribution in [3.63, 3.8) is 0 Å². The van der Waals surface area contributed by atoms with Gasteiger partial charge in [-0.1, -0.05) is 12.2 Å². The van der Waals surface area contributed by atoms with Crippen LogP contribution in [0, 0.1) is 0 Å². The number of phenolic OH excluding ortho intramolecular Hbond substituents is 2. The Hall–Kier alpha value is -1.82. The predicted molar refractivity (Wildman–Crippen MR) is 75.2 cm³/mol. The van der Waals surface area contributed by atoms with Crippen LogP contribution in [-0.2, 0) is 0 Å². The molecule has 1 saturated carbocycles. The van der Waals surface area contributed by atoms with Gasteiger partial charge in [-0.3, -0.25) is 4.79 Å². The molecule has 0 saturated heterocycles. The van der Waals surface area contributed by atoms with E-state index >= 15 is 0 Å². The third kappa shape index (κ3) is 3.35. The largest absolute Gasteiger partial charge is 0.508 e. The first kappa shape index (κ1) is 13.6. The van der Waals surface area contributed by atoms with Crippen LogP contribution in [0.1, 0.15) is 29.6 Å². The molecule has 1 aliphatic carbocycles. The van der Waals surface area contributed by atoms with Gasteiger partial charge in [0.25, 0.3) is 5.91 Å². The third-order valence-electron chi connectivity index (χ3n) is 3.06. The maximum Gasteiger partial charge on any atom is 0.258 e. The molecule has 5 nitrogen and oxygen atoms in total. The zero-order chi connectivity index (χ0) is 14.0. The first-order valence-corrected chi connectivity index (χ1v) is 6.51. The van der Waals surface area contributed by atoms with Crippen LogP contribution in [0.3, 0.4) is 0 Å². The standard InChI is InChI=1S/C13H16N2O3S/c14-12(19)5-6-15(8-1-2-8)13(18)10-7-9(16)3-4-11(10)17/h3-4,7-8,16-17H,1-2,5-6H2,(H2,14,19). The summed E-state index contributed by atoms with van der Waals surface area (Å²) in [5, 5.41) is 19.1. The summed E-state index contributed by atoms with van der Waals surface area (Å²) in [7, 11) is 0. The second-order valence-electron chi connectivity index (χ2n) is 4.65. The second kappa shape index (κ2) is 5.44. The Morgan fingerprint density at radius 2 is 2.11 bits per heavy atom. The molecule has 0 heterocycles. The average molecular weight is 280 g/mol. The number of thiocarbonyl (C=S) groups is 1. The number of nitrogens with two attached hydrogens (primary N) is 1. The van der Waals surface area contributed by atoms with E-state index in [1.165, 1.54) is 18.2 Å². The molecule has 1 fully saturated rings. The Labute approximate surface area is 116 Å². The fourth-order valence-electron chi connectivity index (χ4n) is 1.92. The van der Waals surface area contributed by atoms with Crippen LogP contribution in [-0.4, -0.2) is 38.6 Å². The van der Waals surface area contributed by atoms with Crippen molar-refractivity contribution in [2.24, 2.45) is 5.73 Å². The molecule has 1 aromatic carbocycles. The van der Waals surface area contributed by atoms with Crippen LogP contribution in [0.2, 0.25) is 0 Å². The van der Waals surface area contributed by atoms with Gasteiger partial charge in [0.1, 0.15) is 11.5 Å². The van der Waals surface area contributed by atoms with Gasteiger partial charge in [-0.05, 0) is 31.0 Å². The molecule has 1 amide bonds. The van der Waals surface area contributed by atoms with Crippen molar-refractivity contribution < 1.29 is 15.0 Å². The van der Waals surface area contributed by atoms with Crippen molar-refractivity contribution in [3.8, 4) is 11.5 Å². The van der Waals surface area contributed by atoms with Crippen LogP contribution >= 0.6 is 12.2 Å². The van der Waals surface area contributed by atoms with Crippen LogP contribution in [0.4, 0.5) is 0 Å². The minimum atomic E-state index is -0.299. The highest BCUT2D eigenvalue weighted by Gasteiger charge is 2.33. The lowest BCUT2D eigenvalue weighted by Gasteiger charge is -2.22. The van der Waals surface area contributed by atoms with Crippen molar-refractivity contribution in [2.45, 2.75) is 25.3 Å². The van der Waals surface area contributed by atoms with E-state index in [-0.39, 0.29) is 29.0 Å². The summed E-state index contributed by atoms with van der Waals surface area (Å²) in [4.78, 5) is 14.4. The molecule has 0 atom stereocenters. The number of carbonyl (C=O) groups excluding carboxylic acids is 1. The van der Waals surface area contributed by atoms with Gasteiger partial charge >= 0.3 is 0 Å². The maximum atomic E-state index is 12.4. The molecule has 6 heteroatoms. The zero-order valence-corrected chi connectivity index (χ0v) is 11.2. The Kier molecular flexibility index (Phi) is 3.90. The molecule has 102 valence electrons. The highest BCUT2D eigenvalue weighted by molar-refractivity contribution is 7.80. The van der Waals surface area contributed by atoms with E-state index in [0.717, 1.165) is 12.8 Å². The summed E-state index contributed by atoms with van der Waals surface area (Å²) in [6.07, 6.45) is 2.35. The molecule has 19 heavy (non-hydrogen) atoms. The van der Waals surface area contributed by atoms with Gasteiger partial charge in [0.15, 0.2) is 0 Å². The summed E-state index contributed by atoms with van der Waals surface area (Å²) in [5.74, 6) is -0.484. The number of carbonyl (C=O) groups is 1. The topological polar surface area (TPSA) is 86.8 Å². The smallest absolute Gasteiger partial charge is 0.258 e. The third-order valence-corrected chi connectivity index (χ3v) is 3.26. The van der Waals surface area contributed by atoms with E-state index in [0.29, 0.717) is 18.0 Å². The van der Waals surface area contributed by atoms with E-state index in [2.05, 4.69) is 0 Å². The molecule has 0 aromatic heterocycles. The first-order valence-electron chi connectivity index (χ1n) is 6.10. The molecule has 0 aliphatic heterocycles. The Bertz CT molecular complexity index is 515. The summed E-state index contributed by atoms with van der Waals surface area (Å²) in [6.45, 7) is 0.438. The summed E-state index contributed by atoms with van der Waals surface area (Å²) >= 11 is 4.82. The van der Waals surface area contributed by atoms with Crippen LogP contribution in [0.25, 0.3) is 0 Å². The fraction of sp³-hybridized carbons (Fsp3) is 0.385. The zero-order valence-electron chi connectivity index (χ0n) is 10.4. The molecule has 1 aliphatic rings. The van der Waals surface area contributed by atoms with Crippen molar-refractivity contribution in [1.29, 1.82) is 0 Å². The van der Waals surface area contributed by atoms with Crippen LogP contribution < -0.4 is 5.73 Å². The average Bonchev–Trinajstić information content (AvgIpc) is 3.16. The van der Waals surface area contributed by atoms with Gasteiger partial charge in [0.05, 0.1) is 10.6 Å². The lowest BCUT2D eigenvalue weighted by atomic mass is 10.1. The predicted octanol–water partition coefficient (Wildman–Crippen LogP) is 1.38. The first-order chi connectivity index (χ1) is 8.99. The number of phenols is 2. The summed E-state index contributed by atoms with van der Waals surface area (Å²) < 4.78 is 0. The Morgan fingerprint density at radius 1 is 1.42 bits per heavy atom. The minimum Gasteiger partial charge on any atom is -0.508 e. The molecule has 4 N–H and O–H groups in total. The summed E-state index contributed by atoms with van der Waals surface area (Å²) in [5.41, 5.74) is 5.56. The number of hydrogen-bond acceptors (Lipinski definition) is 4. The van der Waals surface area contributed by atoms with Crippen molar-refractivity contribution in [3.05, 3.63) is 23.8 Å².